The Kier molecular flexibility index (Phi) is 3.40. The first-order valence-corrected chi connectivity index (χ1v) is 7.95. The van der Waals surface area contributed by atoms with E-state index in [0.717, 1.165) is 26.2 Å². The average Bonchev–Trinajstić information content (AvgIpc) is 2.71. The number of fused-ring (bicyclic) bond motifs is 1. The monoisotopic (exact) mass is 305 g/mol. The van der Waals surface area contributed by atoms with Crippen LogP contribution < -0.4 is 10.5 Å². The van der Waals surface area contributed by atoms with Gasteiger partial charge >= 0.3 is 10.2 Å². The molecule has 110 valence electrons. The Balaban J connectivity index is 2.04. The summed E-state index contributed by atoms with van der Waals surface area (Å²) in [7, 11) is -3.71. The Labute approximate surface area is 122 Å². The molecule has 0 atom stereocenters. The van der Waals surface area contributed by atoms with E-state index in [1.165, 1.54) is 0 Å². The smallest absolute Gasteiger partial charge is 0.304 e. The molecule has 3 N–H and O–H groups in total. The summed E-state index contributed by atoms with van der Waals surface area (Å²) in [5.74, 6) is -0.502. The third-order valence-electron chi connectivity index (χ3n) is 3.57. The van der Waals surface area contributed by atoms with Gasteiger partial charge in [-0.05, 0) is 21.9 Å². The van der Waals surface area contributed by atoms with Crippen LogP contribution in [-0.2, 0) is 28.1 Å². The van der Waals surface area contributed by atoms with E-state index in [1.807, 2.05) is 41.1 Å². The zero-order chi connectivity index (χ0) is 15.0. The lowest BCUT2D eigenvalue weighted by molar-refractivity contribution is -0.118. The van der Waals surface area contributed by atoms with Crippen LogP contribution in [0.25, 0.3) is 10.8 Å². The van der Waals surface area contributed by atoms with E-state index < -0.39 is 16.1 Å². The van der Waals surface area contributed by atoms with Gasteiger partial charge in [0.1, 0.15) is 0 Å². The zero-order valence-corrected chi connectivity index (χ0v) is 12.1. The summed E-state index contributed by atoms with van der Waals surface area (Å²) < 4.78 is 26.7. The first kappa shape index (κ1) is 14.0. The molecule has 1 aliphatic rings. The number of carbonyl (C=O) groups is 1. The quantitative estimate of drug-likeness (QED) is 0.862. The van der Waals surface area contributed by atoms with Gasteiger partial charge in [0.15, 0.2) is 0 Å². The highest BCUT2D eigenvalue weighted by Crippen LogP contribution is 2.25. The molecule has 7 heteroatoms. The molecule has 0 radical (unpaired) electrons. The van der Waals surface area contributed by atoms with Crippen LogP contribution in [0.4, 0.5) is 0 Å². The summed E-state index contributed by atoms with van der Waals surface area (Å²) in [6, 6.07) is 11.5. The normalized spacial score (nSPS) is 18.0. The van der Waals surface area contributed by atoms with Crippen molar-refractivity contribution in [2.24, 2.45) is 5.73 Å². The van der Waals surface area contributed by atoms with Crippen molar-refractivity contribution in [3.8, 4) is 0 Å². The minimum Gasteiger partial charge on any atom is -0.326 e. The van der Waals surface area contributed by atoms with E-state index in [2.05, 4.69) is 0 Å². The fourth-order valence-electron chi connectivity index (χ4n) is 2.56. The van der Waals surface area contributed by atoms with Gasteiger partial charge in [-0.1, -0.05) is 36.4 Å². The fraction of sp³-hybridized carbons (Fsp3) is 0.214. The van der Waals surface area contributed by atoms with Crippen LogP contribution in [0.2, 0.25) is 0 Å². The molecule has 6 nitrogen and oxygen atoms in total. The van der Waals surface area contributed by atoms with Crippen molar-refractivity contribution >= 4 is 26.9 Å². The lowest BCUT2D eigenvalue weighted by Gasteiger charge is -2.15. The molecule has 21 heavy (non-hydrogen) atoms. The van der Waals surface area contributed by atoms with Crippen molar-refractivity contribution < 1.29 is 13.2 Å². The Bertz CT molecular complexity index is 817. The van der Waals surface area contributed by atoms with Crippen LogP contribution in [0.5, 0.6) is 0 Å². The van der Waals surface area contributed by atoms with Gasteiger partial charge in [-0.25, -0.2) is 4.72 Å². The molecule has 0 saturated carbocycles. The van der Waals surface area contributed by atoms with Crippen molar-refractivity contribution in [2.75, 3.05) is 6.54 Å². The van der Waals surface area contributed by atoms with Crippen LogP contribution in [0.15, 0.2) is 36.4 Å². The predicted molar refractivity (Wildman–Crippen MR) is 79.3 cm³/mol. The molecule has 1 saturated heterocycles. The highest BCUT2D eigenvalue weighted by atomic mass is 32.2. The minimum absolute atomic E-state index is 0.144. The van der Waals surface area contributed by atoms with Gasteiger partial charge in [-0.3, -0.25) is 4.79 Å². The van der Waals surface area contributed by atoms with Crippen molar-refractivity contribution in [1.29, 1.82) is 0 Å². The van der Waals surface area contributed by atoms with Gasteiger partial charge in [0.05, 0.1) is 6.54 Å². The van der Waals surface area contributed by atoms with E-state index in [1.54, 1.807) is 0 Å². The lowest BCUT2D eigenvalue weighted by atomic mass is 9.99. The predicted octanol–water partition coefficient (Wildman–Crippen LogP) is 0.475. The van der Waals surface area contributed by atoms with E-state index in [4.69, 9.17) is 5.73 Å². The molecule has 2 aromatic rings. The van der Waals surface area contributed by atoms with Crippen LogP contribution in [0, 0.1) is 0 Å². The van der Waals surface area contributed by atoms with Crippen LogP contribution in [0.1, 0.15) is 11.1 Å². The average molecular weight is 305 g/mol. The molecule has 1 heterocycles. The number of amides is 1. The molecule has 0 spiro atoms. The van der Waals surface area contributed by atoms with E-state index in [9.17, 15) is 13.2 Å². The van der Waals surface area contributed by atoms with Gasteiger partial charge in [0.25, 0.3) is 0 Å². The summed E-state index contributed by atoms with van der Waals surface area (Å²) >= 11 is 0. The molecule has 1 amide bonds. The fourth-order valence-corrected chi connectivity index (χ4v) is 3.63. The molecule has 0 aromatic heterocycles. The standard InChI is InChI=1S/C14H15N3O3S/c15-7-10-5-6-11(13-4-2-1-3-12(10)13)8-17-9-14(18)16-21(17,19)20/h1-6H,7-9,15H2,(H,16,18). The largest absolute Gasteiger partial charge is 0.326 e. The lowest BCUT2D eigenvalue weighted by Crippen LogP contribution is -2.29. The van der Waals surface area contributed by atoms with Crippen LogP contribution in [0.3, 0.4) is 0 Å². The third-order valence-corrected chi connectivity index (χ3v) is 5.00. The van der Waals surface area contributed by atoms with Gasteiger partial charge < -0.3 is 5.73 Å². The molecule has 1 fully saturated rings. The van der Waals surface area contributed by atoms with Crippen molar-refractivity contribution in [1.82, 2.24) is 9.03 Å². The zero-order valence-electron chi connectivity index (χ0n) is 11.2. The minimum atomic E-state index is -3.71. The Hall–Kier alpha value is -1.96. The highest BCUT2D eigenvalue weighted by molar-refractivity contribution is 7.88. The number of benzene rings is 2. The van der Waals surface area contributed by atoms with Crippen LogP contribution >= 0.6 is 0 Å². The number of hydrogen-bond donors (Lipinski definition) is 2. The summed E-state index contributed by atoms with van der Waals surface area (Å²) in [5, 5.41) is 1.96. The van der Waals surface area contributed by atoms with Crippen molar-refractivity contribution in [2.45, 2.75) is 13.1 Å². The second kappa shape index (κ2) is 5.10. The summed E-state index contributed by atoms with van der Waals surface area (Å²) in [5.41, 5.74) is 7.59. The maximum atomic E-state index is 11.8. The number of rotatable bonds is 3. The number of nitrogens with two attached hydrogens (primary N) is 1. The highest BCUT2D eigenvalue weighted by Gasteiger charge is 2.33. The van der Waals surface area contributed by atoms with Gasteiger partial charge in [0, 0.05) is 13.1 Å². The number of nitrogens with zero attached hydrogens (tertiary/aromatic N) is 1. The van der Waals surface area contributed by atoms with Crippen molar-refractivity contribution in [3.05, 3.63) is 47.5 Å². The second-order valence-corrected chi connectivity index (χ2v) is 6.60. The maximum absolute atomic E-state index is 11.8. The Morgan fingerprint density at radius 2 is 1.71 bits per heavy atom. The topological polar surface area (TPSA) is 92.5 Å². The number of nitrogens with one attached hydrogen (secondary N) is 1. The van der Waals surface area contributed by atoms with Crippen molar-refractivity contribution in [3.63, 3.8) is 0 Å². The Morgan fingerprint density at radius 3 is 2.29 bits per heavy atom. The van der Waals surface area contributed by atoms with Crippen LogP contribution in [-0.4, -0.2) is 25.2 Å². The summed E-state index contributed by atoms with van der Waals surface area (Å²) in [6.07, 6.45) is 0. The molecule has 0 bridgehead atoms. The molecular weight excluding hydrogens is 290 g/mol. The summed E-state index contributed by atoms with van der Waals surface area (Å²) in [4.78, 5) is 11.3. The molecular formula is C14H15N3O3S. The third kappa shape index (κ3) is 2.51. The first-order chi connectivity index (χ1) is 10.0. The van der Waals surface area contributed by atoms with Gasteiger partial charge in [-0.2, -0.15) is 12.7 Å². The van der Waals surface area contributed by atoms with E-state index in [-0.39, 0.29) is 13.1 Å². The second-order valence-electron chi connectivity index (χ2n) is 4.93. The van der Waals surface area contributed by atoms with E-state index in [0.29, 0.717) is 6.54 Å². The molecule has 1 aliphatic heterocycles. The SMILES string of the molecule is NCc1ccc(CN2CC(=O)NS2(=O)=O)c2ccccc12. The van der Waals surface area contributed by atoms with Gasteiger partial charge in [0.2, 0.25) is 5.91 Å². The molecule has 3 rings (SSSR count). The molecule has 0 aliphatic carbocycles. The number of hydrogen-bond acceptors (Lipinski definition) is 4. The molecule has 0 unspecified atom stereocenters. The maximum Gasteiger partial charge on any atom is 0.304 e. The molecule has 2 aromatic carbocycles. The summed E-state index contributed by atoms with van der Waals surface area (Å²) in [6.45, 7) is 0.435. The number of carbonyl (C=O) groups excluding carboxylic acids is 1. The van der Waals surface area contributed by atoms with E-state index >= 15 is 0 Å². The first-order valence-electron chi connectivity index (χ1n) is 6.51. The Morgan fingerprint density at radius 1 is 1.10 bits per heavy atom. The van der Waals surface area contributed by atoms with Gasteiger partial charge in [-0.15, -0.1) is 0 Å².